The number of esters is 1. The van der Waals surface area contributed by atoms with Gasteiger partial charge in [0.05, 0.1) is 19.8 Å². The number of hydrogen-bond donors (Lipinski definition) is 4. The van der Waals surface area contributed by atoms with E-state index >= 15 is 0 Å². The highest BCUT2D eigenvalue weighted by molar-refractivity contribution is 7.80. The highest BCUT2D eigenvalue weighted by atomic mass is 32.3. The van der Waals surface area contributed by atoms with E-state index in [0.29, 0.717) is 13.0 Å². The molecule has 0 radical (unpaired) electrons. The topological polar surface area (TPSA) is 178 Å². The molecule has 1 heterocycles. The number of hydrogen-bond acceptors (Lipinski definition) is 11. The largest absolute Gasteiger partial charge is 0.457 e. The van der Waals surface area contributed by atoms with Crippen molar-refractivity contribution in [1.82, 2.24) is 0 Å². The lowest BCUT2D eigenvalue weighted by Crippen LogP contribution is -2.60. The fraction of sp³-hybridized carbons (Fsp3) is 0.971. The molecule has 0 bridgehead atoms. The van der Waals surface area contributed by atoms with Crippen molar-refractivity contribution in [2.45, 2.75) is 185 Å². The Bertz CT molecular complexity index is 858. The quantitative estimate of drug-likeness (QED) is 0.0390. The van der Waals surface area contributed by atoms with E-state index in [9.17, 15) is 28.5 Å². The second kappa shape index (κ2) is 27.9. The molecule has 13 heteroatoms. The van der Waals surface area contributed by atoms with Gasteiger partial charge in [-0.15, -0.1) is 0 Å². The molecule has 0 aromatic heterocycles. The predicted octanol–water partition coefficient (Wildman–Crippen LogP) is 5.79. The summed E-state index contributed by atoms with van der Waals surface area (Å²) in [6.07, 6.45) is 14.4. The van der Waals surface area contributed by atoms with Crippen molar-refractivity contribution >= 4 is 16.4 Å². The number of aliphatic hydroxyl groups is 3. The molecule has 12 nitrogen and oxygen atoms in total. The Morgan fingerprint density at radius 2 is 1.21 bits per heavy atom. The molecule has 280 valence electrons. The summed E-state index contributed by atoms with van der Waals surface area (Å²) in [5.74, 6) is -0.402. The monoisotopic (exact) mass is 698 g/mol. The Hall–Kier alpha value is -0.900. The average Bonchev–Trinajstić information content (AvgIpc) is 3.03. The molecule has 0 amide bonds. The van der Waals surface area contributed by atoms with Crippen molar-refractivity contribution in [3.05, 3.63) is 0 Å². The predicted molar refractivity (Wildman–Crippen MR) is 179 cm³/mol. The van der Waals surface area contributed by atoms with E-state index in [-0.39, 0.29) is 19.6 Å². The van der Waals surface area contributed by atoms with Gasteiger partial charge in [-0.05, 0) is 12.8 Å². The number of carbonyl (C=O) groups excluding carboxylic acids is 1. The third-order valence-electron chi connectivity index (χ3n) is 8.48. The summed E-state index contributed by atoms with van der Waals surface area (Å²) >= 11 is 0. The molecule has 1 saturated heterocycles. The van der Waals surface area contributed by atoms with E-state index in [1.165, 1.54) is 83.5 Å². The summed E-state index contributed by atoms with van der Waals surface area (Å²) in [6.45, 7) is 3.94. The number of unbranched alkanes of at least 4 members (excludes halogenated alkanes) is 18. The summed E-state index contributed by atoms with van der Waals surface area (Å²) < 4.78 is 58.6. The van der Waals surface area contributed by atoms with Gasteiger partial charge < -0.3 is 34.3 Å². The van der Waals surface area contributed by atoms with Crippen LogP contribution in [0.4, 0.5) is 0 Å². The van der Waals surface area contributed by atoms with Gasteiger partial charge in [0.1, 0.15) is 30.5 Å². The molecule has 1 aliphatic rings. The summed E-state index contributed by atoms with van der Waals surface area (Å²) in [5, 5.41) is 30.4. The van der Waals surface area contributed by atoms with Crippen molar-refractivity contribution in [2.75, 3.05) is 26.4 Å². The number of aliphatic hydroxyl groups excluding tert-OH is 3. The Morgan fingerprint density at radius 1 is 0.723 bits per heavy atom. The maximum Gasteiger partial charge on any atom is 0.397 e. The fourth-order valence-electron chi connectivity index (χ4n) is 5.67. The highest BCUT2D eigenvalue weighted by Crippen LogP contribution is 2.26. The first-order valence-electron chi connectivity index (χ1n) is 18.3. The smallest absolute Gasteiger partial charge is 0.397 e. The molecule has 6 unspecified atom stereocenters. The lowest BCUT2D eigenvalue weighted by molar-refractivity contribution is -0.301. The molecule has 0 saturated carbocycles. The zero-order valence-corrected chi connectivity index (χ0v) is 29.9. The molecule has 0 spiro atoms. The van der Waals surface area contributed by atoms with Gasteiger partial charge in [0, 0.05) is 13.0 Å². The maximum atomic E-state index is 12.7. The van der Waals surface area contributed by atoms with Crippen LogP contribution in [0.15, 0.2) is 0 Å². The molecule has 6 atom stereocenters. The van der Waals surface area contributed by atoms with E-state index in [0.717, 1.165) is 38.5 Å². The van der Waals surface area contributed by atoms with E-state index in [1.54, 1.807) is 0 Å². The van der Waals surface area contributed by atoms with Gasteiger partial charge in [-0.2, -0.15) is 8.42 Å². The summed E-state index contributed by atoms with van der Waals surface area (Å²) in [4.78, 5) is 12.7. The van der Waals surface area contributed by atoms with Crippen LogP contribution in [0.5, 0.6) is 0 Å². The van der Waals surface area contributed by atoms with E-state index in [4.69, 9.17) is 23.5 Å². The minimum Gasteiger partial charge on any atom is -0.457 e. The Morgan fingerprint density at radius 3 is 1.70 bits per heavy atom. The van der Waals surface area contributed by atoms with Crippen molar-refractivity contribution in [2.24, 2.45) is 0 Å². The lowest BCUT2D eigenvalue weighted by atomic mass is 9.99. The Kier molecular flexibility index (Phi) is 26.2. The van der Waals surface area contributed by atoms with Gasteiger partial charge in [-0.25, -0.2) is 4.18 Å². The minimum atomic E-state index is -5.05. The van der Waals surface area contributed by atoms with Crippen molar-refractivity contribution in [3.8, 4) is 0 Å². The van der Waals surface area contributed by atoms with Crippen LogP contribution in [0.3, 0.4) is 0 Å². The molecule has 0 aromatic rings. The summed E-state index contributed by atoms with van der Waals surface area (Å²) in [6, 6.07) is 0. The number of rotatable bonds is 31. The van der Waals surface area contributed by atoms with Crippen LogP contribution < -0.4 is 0 Å². The second-order valence-electron chi connectivity index (χ2n) is 12.8. The van der Waals surface area contributed by atoms with Crippen molar-refractivity contribution in [3.63, 3.8) is 0 Å². The van der Waals surface area contributed by atoms with Gasteiger partial charge in [-0.1, -0.05) is 129 Å². The third kappa shape index (κ3) is 22.4. The van der Waals surface area contributed by atoms with Crippen molar-refractivity contribution in [1.29, 1.82) is 0 Å². The molecule has 0 aliphatic carbocycles. The average molecular weight is 699 g/mol. The van der Waals surface area contributed by atoms with Crippen LogP contribution in [-0.4, -0.2) is 97.5 Å². The van der Waals surface area contributed by atoms with Gasteiger partial charge >= 0.3 is 16.4 Å². The van der Waals surface area contributed by atoms with Crippen LogP contribution in [0.1, 0.15) is 149 Å². The number of carbonyl (C=O) groups is 1. The van der Waals surface area contributed by atoms with Crippen molar-refractivity contribution < 1.29 is 56.2 Å². The normalized spacial score (nSPS) is 22.4. The van der Waals surface area contributed by atoms with E-state index in [2.05, 4.69) is 18.0 Å². The number of ether oxygens (including phenoxy) is 4. The van der Waals surface area contributed by atoms with Crippen LogP contribution >= 0.6 is 0 Å². The highest BCUT2D eigenvalue weighted by Gasteiger charge is 2.48. The van der Waals surface area contributed by atoms with Crippen LogP contribution in [-0.2, 0) is 38.3 Å². The Balaban J connectivity index is 2.54. The van der Waals surface area contributed by atoms with Crippen LogP contribution in [0.2, 0.25) is 0 Å². The van der Waals surface area contributed by atoms with Gasteiger partial charge in [-0.3, -0.25) is 9.35 Å². The maximum absolute atomic E-state index is 12.7. The molecule has 1 fully saturated rings. The van der Waals surface area contributed by atoms with Gasteiger partial charge in [0.2, 0.25) is 0 Å². The molecule has 47 heavy (non-hydrogen) atoms. The van der Waals surface area contributed by atoms with E-state index < -0.39 is 59.8 Å². The van der Waals surface area contributed by atoms with Crippen LogP contribution in [0.25, 0.3) is 0 Å². The molecular weight excluding hydrogens is 632 g/mol. The molecule has 4 N–H and O–H groups in total. The summed E-state index contributed by atoms with van der Waals surface area (Å²) in [7, 11) is -5.05. The molecular formula is C34H66O12S. The zero-order chi connectivity index (χ0) is 34.8. The van der Waals surface area contributed by atoms with Crippen LogP contribution in [0, 0.1) is 0 Å². The SMILES string of the molecule is CCCCCCCCCCCCCOCC(COC1OC(CO)C(O)C(OS(=O)(=O)O)C1O)OC(=O)CCCCCCCCCCC. The fourth-order valence-corrected chi connectivity index (χ4v) is 6.18. The Labute approximate surface area is 284 Å². The second-order valence-corrected chi connectivity index (χ2v) is 13.9. The van der Waals surface area contributed by atoms with E-state index in [1.807, 2.05) is 0 Å². The third-order valence-corrected chi connectivity index (χ3v) is 8.94. The first-order valence-corrected chi connectivity index (χ1v) is 19.7. The lowest BCUT2D eigenvalue weighted by Gasteiger charge is -2.41. The van der Waals surface area contributed by atoms with Gasteiger partial charge in [0.15, 0.2) is 6.29 Å². The first-order chi connectivity index (χ1) is 22.6. The van der Waals surface area contributed by atoms with Gasteiger partial charge in [0.25, 0.3) is 0 Å². The molecule has 1 rings (SSSR count). The summed E-state index contributed by atoms with van der Waals surface area (Å²) in [5.41, 5.74) is 0. The zero-order valence-electron chi connectivity index (χ0n) is 29.1. The minimum absolute atomic E-state index is 0.0427. The molecule has 1 aliphatic heterocycles. The first kappa shape index (κ1) is 44.1. The molecule has 0 aromatic carbocycles. The standard InChI is InChI=1S/C34H66O12S/c1-3-5-7-9-11-13-14-16-18-20-22-24-42-26-28(44-30(36)23-21-19-17-15-12-10-8-6-4-2)27-43-34-32(38)33(46-47(39,40)41)31(37)29(25-35)45-34/h28-29,31-35,37-38H,3-27H2,1-2H3,(H,39,40,41).